The van der Waals surface area contributed by atoms with Crippen molar-refractivity contribution in [2.75, 3.05) is 78.5 Å². The van der Waals surface area contributed by atoms with Gasteiger partial charge in [-0.15, -0.1) is 0 Å². The van der Waals surface area contributed by atoms with E-state index in [1.54, 1.807) is 0 Å². The largest absolute Gasteiger partial charge is 0.340 e. The van der Waals surface area contributed by atoms with Gasteiger partial charge in [0.15, 0.2) is 0 Å². The summed E-state index contributed by atoms with van der Waals surface area (Å²) in [5, 5.41) is 7.23. The summed E-state index contributed by atoms with van der Waals surface area (Å²) in [5.41, 5.74) is 0.604. The smallest absolute Gasteiger partial charge is 0.236 e. The highest BCUT2D eigenvalue weighted by molar-refractivity contribution is 5.79. The molecule has 0 aliphatic carbocycles. The van der Waals surface area contributed by atoms with Gasteiger partial charge in [0.25, 0.3) is 0 Å². The molecular weight excluding hydrogens is 500 g/mol. The van der Waals surface area contributed by atoms with E-state index in [-0.39, 0.29) is 28.3 Å². The Kier molecular flexibility index (Phi) is 12.9. The topological polar surface area (TPSA) is 71.2 Å². The minimum Gasteiger partial charge on any atom is -0.340 e. The monoisotopic (exact) mass is 565 g/mol. The standard InChI is InChI=1S/C32H64N6O2/c1-29(2,3)13-17-35-21-24-38(28(40)25-35)20-16-34-32(9,10)12-11-31(7,8)14-18-37-23-22-36(26-27(37)39)19-15-33-30(4,5)6/h33-34H,11-26H2,1-10H3. The summed E-state index contributed by atoms with van der Waals surface area (Å²) in [6.45, 7) is 32.5. The highest BCUT2D eigenvalue weighted by Gasteiger charge is 2.29. The number of hydrogen-bond donors (Lipinski definition) is 2. The molecule has 2 aliphatic rings. The van der Waals surface area contributed by atoms with Crippen molar-refractivity contribution in [1.82, 2.24) is 30.2 Å². The number of piperazine rings is 2. The van der Waals surface area contributed by atoms with Crippen LogP contribution in [0.4, 0.5) is 0 Å². The zero-order valence-electron chi connectivity index (χ0n) is 27.9. The Morgan fingerprint density at radius 1 is 0.575 bits per heavy atom. The van der Waals surface area contributed by atoms with E-state index < -0.39 is 0 Å². The highest BCUT2D eigenvalue weighted by atomic mass is 16.2. The molecule has 0 aromatic carbocycles. The first kappa shape index (κ1) is 35.0. The summed E-state index contributed by atoms with van der Waals surface area (Å²) in [6, 6.07) is 0. The van der Waals surface area contributed by atoms with Crippen LogP contribution in [0.25, 0.3) is 0 Å². The fraction of sp³-hybridized carbons (Fsp3) is 0.938. The summed E-state index contributed by atoms with van der Waals surface area (Å²) in [5.74, 6) is 0.530. The molecule has 2 aliphatic heterocycles. The van der Waals surface area contributed by atoms with Gasteiger partial charge < -0.3 is 20.4 Å². The Morgan fingerprint density at radius 2 is 1.10 bits per heavy atom. The predicted octanol–water partition coefficient (Wildman–Crippen LogP) is 3.66. The van der Waals surface area contributed by atoms with Gasteiger partial charge in [-0.05, 0) is 77.7 Å². The second-order valence-corrected chi connectivity index (χ2v) is 16.0. The quantitative estimate of drug-likeness (QED) is 0.316. The molecule has 2 heterocycles. The van der Waals surface area contributed by atoms with Gasteiger partial charge in [-0.2, -0.15) is 0 Å². The maximum absolute atomic E-state index is 12.8. The van der Waals surface area contributed by atoms with Crippen LogP contribution in [0.1, 0.15) is 94.9 Å². The van der Waals surface area contributed by atoms with Crippen molar-refractivity contribution in [3.05, 3.63) is 0 Å². The van der Waals surface area contributed by atoms with E-state index in [0.29, 0.717) is 18.5 Å². The van der Waals surface area contributed by atoms with Crippen molar-refractivity contribution >= 4 is 11.8 Å². The molecule has 0 unspecified atom stereocenters. The maximum atomic E-state index is 12.8. The zero-order chi connectivity index (χ0) is 30.2. The van der Waals surface area contributed by atoms with E-state index in [0.717, 1.165) is 91.1 Å². The SMILES string of the molecule is CC(C)(C)CCN1CCN(CCNC(C)(C)CCC(C)(C)CCN2CCN(CCNC(C)(C)C)CC2=O)C(=O)C1. The molecule has 0 aromatic heterocycles. The van der Waals surface area contributed by atoms with E-state index in [1.807, 2.05) is 4.90 Å². The number of carbonyl (C=O) groups is 2. The molecule has 0 radical (unpaired) electrons. The third kappa shape index (κ3) is 14.1. The molecule has 2 amide bonds. The van der Waals surface area contributed by atoms with E-state index >= 15 is 0 Å². The summed E-state index contributed by atoms with van der Waals surface area (Å²) >= 11 is 0. The molecule has 234 valence electrons. The maximum Gasteiger partial charge on any atom is 0.236 e. The van der Waals surface area contributed by atoms with Crippen LogP contribution in [-0.4, -0.2) is 121 Å². The highest BCUT2D eigenvalue weighted by Crippen LogP contribution is 2.30. The Balaban J connectivity index is 1.64. The summed E-state index contributed by atoms with van der Waals surface area (Å²) < 4.78 is 0. The normalized spacial score (nSPS) is 19.1. The molecule has 8 nitrogen and oxygen atoms in total. The lowest BCUT2D eigenvalue weighted by Gasteiger charge is -2.38. The molecule has 40 heavy (non-hydrogen) atoms. The Bertz CT molecular complexity index is 798. The van der Waals surface area contributed by atoms with Crippen LogP contribution in [0.5, 0.6) is 0 Å². The average molecular weight is 565 g/mol. The number of nitrogens with zero attached hydrogens (tertiary/aromatic N) is 4. The van der Waals surface area contributed by atoms with Crippen molar-refractivity contribution in [2.24, 2.45) is 10.8 Å². The van der Waals surface area contributed by atoms with Gasteiger partial charge in [-0.3, -0.25) is 19.4 Å². The number of carbonyl (C=O) groups excluding carboxylic acids is 2. The number of amides is 2. The van der Waals surface area contributed by atoms with Gasteiger partial charge >= 0.3 is 0 Å². The first-order valence-electron chi connectivity index (χ1n) is 15.8. The van der Waals surface area contributed by atoms with Crippen LogP contribution in [0.3, 0.4) is 0 Å². The van der Waals surface area contributed by atoms with Crippen LogP contribution in [-0.2, 0) is 9.59 Å². The van der Waals surface area contributed by atoms with Gasteiger partial charge in [-0.25, -0.2) is 0 Å². The fourth-order valence-electron chi connectivity index (χ4n) is 5.28. The van der Waals surface area contributed by atoms with Gasteiger partial charge in [0.1, 0.15) is 0 Å². The first-order chi connectivity index (χ1) is 18.3. The number of nitrogens with one attached hydrogen (secondary N) is 2. The number of hydrogen-bond acceptors (Lipinski definition) is 6. The molecule has 0 saturated carbocycles. The molecule has 0 bridgehead atoms. The minimum atomic E-state index is 0.0113. The molecule has 2 saturated heterocycles. The molecule has 2 N–H and O–H groups in total. The Labute approximate surface area is 247 Å². The van der Waals surface area contributed by atoms with Crippen LogP contribution >= 0.6 is 0 Å². The van der Waals surface area contributed by atoms with E-state index in [9.17, 15) is 9.59 Å². The first-order valence-corrected chi connectivity index (χ1v) is 15.8. The molecule has 0 aromatic rings. The van der Waals surface area contributed by atoms with Crippen LogP contribution in [0.15, 0.2) is 0 Å². The van der Waals surface area contributed by atoms with Gasteiger partial charge in [-0.1, -0.05) is 34.6 Å². The fourth-order valence-corrected chi connectivity index (χ4v) is 5.28. The molecule has 0 spiro atoms. The molecule has 2 fully saturated rings. The third-order valence-electron chi connectivity index (χ3n) is 8.53. The molecule has 8 heteroatoms. The second-order valence-electron chi connectivity index (χ2n) is 16.0. The summed E-state index contributed by atoms with van der Waals surface area (Å²) in [7, 11) is 0. The van der Waals surface area contributed by atoms with E-state index in [1.165, 1.54) is 0 Å². The van der Waals surface area contributed by atoms with Crippen LogP contribution in [0.2, 0.25) is 0 Å². The molecular formula is C32H64N6O2. The lowest BCUT2D eigenvalue weighted by atomic mass is 9.80. The van der Waals surface area contributed by atoms with Crippen molar-refractivity contribution < 1.29 is 9.59 Å². The Hall–Kier alpha value is -1.22. The van der Waals surface area contributed by atoms with Crippen molar-refractivity contribution in [3.63, 3.8) is 0 Å². The van der Waals surface area contributed by atoms with E-state index in [4.69, 9.17) is 0 Å². The van der Waals surface area contributed by atoms with Gasteiger partial charge in [0.2, 0.25) is 11.8 Å². The van der Waals surface area contributed by atoms with Gasteiger partial charge in [0, 0.05) is 70.0 Å². The number of rotatable bonds is 15. The van der Waals surface area contributed by atoms with E-state index in [2.05, 4.69) is 94.6 Å². The predicted molar refractivity (Wildman–Crippen MR) is 168 cm³/mol. The van der Waals surface area contributed by atoms with Crippen molar-refractivity contribution in [3.8, 4) is 0 Å². The lowest BCUT2D eigenvalue weighted by molar-refractivity contribution is -0.137. The molecule has 0 atom stereocenters. The second kappa shape index (κ2) is 14.8. The lowest BCUT2D eigenvalue weighted by Crippen LogP contribution is -2.53. The van der Waals surface area contributed by atoms with Crippen LogP contribution < -0.4 is 10.6 Å². The Morgan fingerprint density at radius 3 is 1.62 bits per heavy atom. The van der Waals surface area contributed by atoms with Gasteiger partial charge in [0.05, 0.1) is 13.1 Å². The summed E-state index contributed by atoms with van der Waals surface area (Å²) in [4.78, 5) is 34.2. The van der Waals surface area contributed by atoms with Crippen molar-refractivity contribution in [2.45, 2.75) is 106 Å². The van der Waals surface area contributed by atoms with Crippen molar-refractivity contribution in [1.29, 1.82) is 0 Å². The third-order valence-corrected chi connectivity index (χ3v) is 8.53. The van der Waals surface area contributed by atoms with Crippen LogP contribution in [0, 0.1) is 10.8 Å². The zero-order valence-corrected chi connectivity index (χ0v) is 27.9. The summed E-state index contributed by atoms with van der Waals surface area (Å²) in [6.07, 6.45) is 4.31. The average Bonchev–Trinajstić information content (AvgIpc) is 2.81. The molecule has 2 rings (SSSR count). The minimum absolute atomic E-state index is 0.0113.